The number of aromatic nitrogens is 2. The number of pyridine rings is 1. The first-order valence-electron chi connectivity index (χ1n) is 9.92. The molecule has 2 aromatic heterocycles. The van der Waals surface area contributed by atoms with Gasteiger partial charge >= 0.3 is 6.03 Å². The van der Waals surface area contributed by atoms with Crippen molar-refractivity contribution in [1.29, 1.82) is 0 Å². The van der Waals surface area contributed by atoms with Crippen LogP contribution in [0.25, 0.3) is 11.0 Å². The zero-order valence-electron chi connectivity index (χ0n) is 17.4. The molecule has 4 heterocycles. The number of methoxy groups -OCH3 is 1. The third-order valence-corrected chi connectivity index (χ3v) is 5.69. The van der Waals surface area contributed by atoms with Crippen LogP contribution in [0.5, 0.6) is 5.75 Å². The van der Waals surface area contributed by atoms with Gasteiger partial charge < -0.3 is 19.5 Å². The standard InChI is InChI=1S/C23H19N5O4/c1-27-8-6-15-9-14(11-24-19(15)27)5-7-23(21(30)25-22(31)26-23)13-28-12-16-3-4-17(32-2)10-18(16)20(28)29/h3-4,6,8-11H,12-13H2,1-2H3,(H2,25,26,30,31)/t23-/m1/s1. The first kappa shape index (κ1) is 19.6. The molecule has 32 heavy (non-hydrogen) atoms. The van der Waals surface area contributed by atoms with Gasteiger partial charge in [-0.2, -0.15) is 0 Å². The smallest absolute Gasteiger partial charge is 0.323 e. The summed E-state index contributed by atoms with van der Waals surface area (Å²) < 4.78 is 7.10. The van der Waals surface area contributed by atoms with Crippen LogP contribution in [0.2, 0.25) is 0 Å². The quantitative estimate of drug-likeness (QED) is 0.480. The summed E-state index contributed by atoms with van der Waals surface area (Å²) in [5.41, 5.74) is 1.17. The number of aryl methyl sites for hydroxylation is 1. The van der Waals surface area contributed by atoms with Gasteiger partial charge in [-0.3, -0.25) is 14.9 Å². The topological polar surface area (TPSA) is 106 Å². The highest BCUT2D eigenvalue weighted by molar-refractivity contribution is 6.10. The van der Waals surface area contributed by atoms with Gasteiger partial charge in [0.25, 0.3) is 11.8 Å². The monoisotopic (exact) mass is 429 g/mol. The minimum absolute atomic E-state index is 0.0889. The fourth-order valence-electron chi connectivity index (χ4n) is 4.01. The zero-order valence-corrected chi connectivity index (χ0v) is 17.4. The normalized spacial score (nSPS) is 19.4. The van der Waals surface area contributed by atoms with Crippen molar-refractivity contribution in [3.05, 3.63) is 59.4 Å². The molecule has 0 bridgehead atoms. The summed E-state index contributed by atoms with van der Waals surface area (Å²) >= 11 is 0. The fourth-order valence-corrected chi connectivity index (χ4v) is 4.01. The Bertz CT molecular complexity index is 1370. The highest BCUT2D eigenvalue weighted by atomic mass is 16.5. The molecule has 3 aromatic rings. The van der Waals surface area contributed by atoms with E-state index in [0.29, 0.717) is 23.4 Å². The van der Waals surface area contributed by atoms with Crippen molar-refractivity contribution in [1.82, 2.24) is 25.1 Å². The predicted molar refractivity (Wildman–Crippen MR) is 115 cm³/mol. The number of hydrogen-bond donors (Lipinski definition) is 2. The minimum Gasteiger partial charge on any atom is -0.497 e. The lowest BCUT2D eigenvalue weighted by Gasteiger charge is -2.26. The second-order valence-corrected chi connectivity index (χ2v) is 7.81. The van der Waals surface area contributed by atoms with Crippen molar-refractivity contribution in [3.63, 3.8) is 0 Å². The van der Waals surface area contributed by atoms with Gasteiger partial charge in [0.2, 0.25) is 5.54 Å². The van der Waals surface area contributed by atoms with Gasteiger partial charge in [-0.25, -0.2) is 9.78 Å². The second-order valence-electron chi connectivity index (χ2n) is 7.81. The molecule has 5 rings (SSSR count). The summed E-state index contributed by atoms with van der Waals surface area (Å²) in [6, 6.07) is 8.40. The molecule has 0 aliphatic carbocycles. The van der Waals surface area contributed by atoms with E-state index in [1.807, 2.05) is 36.0 Å². The maximum absolute atomic E-state index is 13.0. The van der Waals surface area contributed by atoms with Crippen molar-refractivity contribution in [3.8, 4) is 17.6 Å². The summed E-state index contributed by atoms with van der Waals surface area (Å²) in [7, 11) is 3.43. The number of carbonyl (C=O) groups excluding carboxylic acids is 3. The van der Waals surface area contributed by atoms with Crippen LogP contribution in [0.3, 0.4) is 0 Å². The van der Waals surface area contributed by atoms with E-state index in [1.165, 1.54) is 12.0 Å². The summed E-state index contributed by atoms with van der Waals surface area (Å²) in [6.45, 7) is 0.219. The van der Waals surface area contributed by atoms with E-state index in [-0.39, 0.29) is 12.5 Å². The van der Waals surface area contributed by atoms with Crippen LogP contribution in [-0.4, -0.2) is 51.5 Å². The van der Waals surface area contributed by atoms with Crippen molar-refractivity contribution < 1.29 is 19.1 Å². The molecular formula is C23H19N5O4. The van der Waals surface area contributed by atoms with Gasteiger partial charge in [-0.1, -0.05) is 17.9 Å². The van der Waals surface area contributed by atoms with E-state index in [4.69, 9.17) is 4.74 Å². The molecule has 4 amide bonds. The molecule has 0 unspecified atom stereocenters. The average Bonchev–Trinajstić information content (AvgIpc) is 3.40. The molecular weight excluding hydrogens is 410 g/mol. The van der Waals surface area contributed by atoms with E-state index in [2.05, 4.69) is 27.5 Å². The lowest BCUT2D eigenvalue weighted by molar-refractivity contribution is -0.122. The van der Waals surface area contributed by atoms with Crippen molar-refractivity contribution in [2.45, 2.75) is 12.1 Å². The Morgan fingerprint density at radius 2 is 2.06 bits per heavy atom. The number of fused-ring (bicyclic) bond motifs is 2. The molecule has 1 atom stereocenters. The lowest BCUT2D eigenvalue weighted by Crippen LogP contribution is -2.54. The van der Waals surface area contributed by atoms with Gasteiger partial charge in [0.15, 0.2) is 0 Å². The summed E-state index contributed by atoms with van der Waals surface area (Å²) in [5.74, 6) is 5.59. The van der Waals surface area contributed by atoms with Crippen molar-refractivity contribution in [2.75, 3.05) is 13.7 Å². The fraction of sp³-hybridized carbons (Fsp3) is 0.217. The van der Waals surface area contributed by atoms with E-state index in [0.717, 1.165) is 16.6 Å². The Labute approximate surface area is 183 Å². The number of ether oxygens (including phenoxy) is 1. The minimum atomic E-state index is -1.56. The highest BCUT2D eigenvalue weighted by Gasteiger charge is 2.48. The molecule has 2 aliphatic rings. The number of amides is 4. The van der Waals surface area contributed by atoms with Crippen LogP contribution < -0.4 is 15.4 Å². The zero-order chi connectivity index (χ0) is 22.5. The van der Waals surface area contributed by atoms with Gasteiger partial charge in [-0.15, -0.1) is 0 Å². The summed E-state index contributed by atoms with van der Waals surface area (Å²) in [4.78, 5) is 43.6. The van der Waals surface area contributed by atoms with Crippen LogP contribution >= 0.6 is 0 Å². The van der Waals surface area contributed by atoms with Gasteiger partial charge in [0.1, 0.15) is 11.4 Å². The molecule has 1 fully saturated rings. The second kappa shape index (κ2) is 7.13. The van der Waals surface area contributed by atoms with Crippen LogP contribution in [0.4, 0.5) is 4.79 Å². The van der Waals surface area contributed by atoms with Gasteiger partial charge in [0.05, 0.1) is 13.7 Å². The highest BCUT2D eigenvalue weighted by Crippen LogP contribution is 2.28. The Kier molecular flexibility index (Phi) is 4.37. The Morgan fingerprint density at radius 1 is 1.22 bits per heavy atom. The van der Waals surface area contributed by atoms with Gasteiger partial charge in [-0.05, 0) is 29.8 Å². The number of urea groups is 1. The van der Waals surface area contributed by atoms with Crippen LogP contribution in [-0.2, 0) is 18.4 Å². The molecule has 0 radical (unpaired) electrons. The first-order valence-corrected chi connectivity index (χ1v) is 9.92. The number of nitrogens with one attached hydrogen (secondary N) is 2. The molecule has 1 aromatic carbocycles. The molecule has 2 aliphatic heterocycles. The third-order valence-electron chi connectivity index (χ3n) is 5.69. The van der Waals surface area contributed by atoms with Crippen LogP contribution in [0.15, 0.2) is 42.7 Å². The molecule has 9 nitrogen and oxygen atoms in total. The summed E-state index contributed by atoms with van der Waals surface area (Å²) in [5, 5.41) is 5.76. The molecule has 0 spiro atoms. The van der Waals surface area contributed by atoms with Crippen molar-refractivity contribution >= 4 is 28.9 Å². The largest absolute Gasteiger partial charge is 0.497 e. The molecule has 9 heteroatoms. The van der Waals surface area contributed by atoms with Crippen LogP contribution in [0.1, 0.15) is 21.5 Å². The maximum Gasteiger partial charge on any atom is 0.323 e. The summed E-state index contributed by atoms with van der Waals surface area (Å²) in [6.07, 6.45) is 3.51. The molecule has 160 valence electrons. The maximum atomic E-state index is 13.0. The average molecular weight is 429 g/mol. The number of nitrogens with zero attached hydrogens (tertiary/aromatic N) is 3. The Hall–Kier alpha value is -4.32. The number of carbonyl (C=O) groups is 3. The Balaban J connectivity index is 1.47. The number of imide groups is 1. The molecule has 0 saturated carbocycles. The predicted octanol–water partition coefficient (Wildman–Crippen LogP) is 1.17. The van der Waals surface area contributed by atoms with Crippen LogP contribution in [0, 0.1) is 11.8 Å². The SMILES string of the molecule is COc1ccc2c(c1)C(=O)N(C[C@@]1(C#Cc3cnc4c(ccn4C)c3)NC(=O)NC1=O)C2. The van der Waals surface area contributed by atoms with Gasteiger partial charge in [0, 0.05) is 42.5 Å². The number of rotatable bonds is 3. The van der Waals surface area contributed by atoms with E-state index < -0.39 is 17.5 Å². The molecule has 2 N–H and O–H groups in total. The number of benzene rings is 1. The third kappa shape index (κ3) is 3.13. The van der Waals surface area contributed by atoms with Crippen molar-refractivity contribution in [2.24, 2.45) is 7.05 Å². The lowest BCUT2D eigenvalue weighted by atomic mass is 9.99. The van der Waals surface area contributed by atoms with E-state index in [9.17, 15) is 14.4 Å². The number of hydrogen-bond acceptors (Lipinski definition) is 5. The molecule has 1 saturated heterocycles. The van der Waals surface area contributed by atoms with E-state index >= 15 is 0 Å². The van der Waals surface area contributed by atoms with E-state index in [1.54, 1.807) is 18.3 Å². The Morgan fingerprint density at radius 3 is 2.81 bits per heavy atom. The first-order chi connectivity index (χ1) is 15.4.